The van der Waals surface area contributed by atoms with Gasteiger partial charge in [-0.15, -0.1) is 0 Å². The number of aryl methyl sites for hydroxylation is 1. The van der Waals surface area contributed by atoms with E-state index in [0.717, 1.165) is 55.5 Å². The van der Waals surface area contributed by atoms with Crippen molar-refractivity contribution in [2.45, 2.75) is 44.6 Å². The van der Waals surface area contributed by atoms with Crippen molar-refractivity contribution in [3.63, 3.8) is 0 Å². The summed E-state index contributed by atoms with van der Waals surface area (Å²) in [7, 11) is 4.11. The number of likely N-dealkylation sites (N-methyl/N-ethyl adjacent to an activating group) is 1. The van der Waals surface area contributed by atoms with Crippen molar-refractivity contribution in [3.05, 3.63) is 12.0 Å². The molecular formula is C19H30N6O. The maximum Gasteiger partial charge on any atom is 0.163 e. The van der Waals surface area contributed by atoms with E-state index in [2.05, 4.69) is 28.9 Å². The SMILES string of the molecule is C[C@H](CN(C)c1nc(C2CCCC2)nc2c1cnn2C)N1CCOCC1. The molecule has 0 N–H and O–H groups in total. The summed E-state index contributed by atoms with van der Waals surface area (Å²) in [5.74, 6) is 2.52. The van der Waals surface area contributed by atoms with E-state index in [4.69, 9.17) is 14.7 Å². The van der Waals surface area contributed by atoms with Crippen LogP contribution in [0.3, 0.4) is 0 Å². The van der Waals surface area contributed by atoms with Crippen molar-refractivity contribution >= 4 is 16.9 Å². The Kier molecular flexibility index (Phi) is 5.09. The third-order valence-corrected chi connectivity index (χ3v) is 5.88. The van der Waals surface area contributed by atoms with Crippen LogP contribution in [-0.2, 0) is 11.8 Å². The monoisotopic (exact) mass is 358 g/mol. The van der Waals surface area contributed by atoms with Gasteiger partial charge in [0.05, 0.1) is 24.8 Å². The first-order valence-electron chi connectivity index (χ1n) is 9.86. The number of anilines is 1. The molecule has 1 aliphatic heterocycles. The molecule has 1 saturated carbocycles. The highest BCUT2D eigenvalue weighted by atomic mass is 16.5. The molecule has 0 bridgehead atoms. The summed E-state index contributed by atoms with van der Waals surface area (Å²) in [5, 5.41) is 5.48. The fourth-order valence-electron chi connectivity index (χ4n) is 4.30. The Balaban J connectivity index is 1.61. The molecule has 142 valence electrons. The lowest BCUT2D eigenvalue weighted by Gasteiger charge is -2.35. The van der Waals surface area contributed by atoms with Gasteiger partial charge in [0.1, 0.15) is 11.6 Å². The Labute approximate surface area is 155 Å². The zero-order valence-electron chi connectivity index (χ0n) is 16.2. The molecule has 7 heteroatoms. The van der Waals surface area contributed by atoms with Gasteiger partial charge < -0.3 is 9.64 Å². The topological polar surface area (TPSA) is 59.3 Å². The van der Waals surface area contributed by atoms with E-state index in [-0.39, 0.29) is 0 Å². The zero-order chi connectivity index (χ0) is 18.1. The van der Waals surface area contributed by atoms with Crippen LogP contribution < -0.4 is 4.90 Å². The summed E-state index contributed by atoms with van der Waals surface area (Å²) in [5.41, 5.74) is 0.947. The molecule has 7 nitrogen and oxygen atoms in total. The standard InChI is InChI=1S/C19H30N6O/c1-14(25-8-10-26-11-9-25)13-23(2)18-16-12-20-24(3)19(16)22-17(21-18)15-6-4-5-7-15/h12,14-15H,4-11,13H2,1-3H3/t14-/m1/s1. The molecule has 2 aromatic heterocycles. The predicted octanol–water partition coefficient (Wildman–Crippen LogP) is 2.18. The van der Waals surface area contributed by atoms with E-state index in [1.807, 2.05) is 17.9 Å². The van der Waals surface area contributed by atoms with Gasteiger partial charge in [-0.3, -0.25) is 9.58 Å². The van der Waals surface area contributed by atoms with Crippen molar-refractivity contribution in [1.29, 1.82) is 0 Å². The van der Waals surface area contributed by atoms with E-state index in [0.29, 0.717) is 12.0 Å². The molecule has 0 amide bonds. The lowest BCUT2D eigenvalue weighted by molar-refractivity contribution is 0.0218. The maximum atomic E-state index is 5.49. The average Bonchev–Trinajstić information content (AvgIpc) is 3.32. The van der Waals surface area contributed by atoms with Gasteiger partial charge in [0.25, 0.3) is 0 Å². The van der Waals surface area contributed by atoms with E-state index in [1.165, 1.54) is 25.7 Å². The van der Waals surface area contributed by atoms with Gasteiger partial charge in [-0.25, -0.2) is 9.97 Å². The van der Waals surface area contributed by atoms with Gasteiger partial charge in [-0.1, -0.05) is 12.8 Å². The summed E-state index contributed by atoms with van der Waals surface area (Å²) in [4.78, 5) is 14.7. The second-order valence-corrected chi connectivity index (χ2v) is 7.77. The number of nitrogens with zero attached hydrogens (tertiary/aromatic N) is 6. The van der Waals surface area contributed by atoms with E-state index in [1.54, 1.807) is 0 Å². The minimum atomic E-state index is 0.459. The quantitative estimate of drug-likeness (QED) is 0.816. The number of hydrogen-bond acceptors (Lipinski definition) is 6. The number of rotatable bonds is 5. The van der Waals surface area contributed by atoms with Gasteiger partial charge >= 0.3 is 0 Å². The summed E-state index contributed by atoms with van der Waals surface area (Å²) < 4.78 is 7.36. The van der Waals surface area contributed by atoms with Crippen LogP contribution in [0.15, 0.2) is 6.20 Å². The van der Waals surface area contributed by atoms with Crippen molar-refractivity contribution in [1.82, 2.24) is 24.6 Å². The molecule has 0 spiro atoms. The second kappa shape index (κ2) is 7.48. The normalized spacial score (nSPS) is 20.7. The van der Waals surface area contributed by atoms with Crippen LogP contribution in [0.2, 0.25) is 0 Å². The Morgan fingerprint density at radius 1 is 1.23 bits per heavy atom. The van der Waals surface area contributed by atoms with Crippen molar-refractivity contribution < 1.29 is 4.74 Å². The molecule has 26 heavy (non-hydrogen) atoms. The van der Waals surface area contributed by atoms with Crippen molar-refractivity contribution in [3.8, 4) is 0 Å². The van der Waals surface area contributed by atoms with Crippen LogP contribution in [0.25, 0.3) is 11.0 Å². The van der Waals surface area contributed by atoms with Gasteiger partial charge in [-0.2, -0.15) is 5.10 Å². The van der Waals surface area contributed by atoms with Gasteiger partial charge in [0.2, 0.25) is 0 Å². The molecule has 4 rings (SSSR count). The molecule has 2 aromatic rings. The van der Waals surface area contributed by atoms with Gasteiger partial charge in [-0.05, 0) is 19.8 Å². The van der Waals surface area contributed by atoms with Crippen LogP contribution in [0.4, 0.5) is 5.82 Å². The van der Waals surface area contributed by atoms with E-state index >= 15 is 0 Å². The highest BCUT2D eigenvalue weighted by molar-refractivity contribution is 5.86. The van der Waals surface area contributed by atoms with E-state index < -0.39 is 0 Å². The molecule has 0 unspecified atom stereocenters. The predicted molar refractivity (Wildman–Crippen MR) is 103 cm³/mol. The van der Waals surface area contributed by atoms with Crippen LogP contribution in [0.5, 0.6) is 0 Å². The molecule has 0 aromatic carbocycles. The van der Waals surface area contributed by atoms with Gasteiger partial charge in [0, 0.05) is 45.7 Å². The minimum absolute atomic E-state index is 0.459. The van der Waals surface area contributed by atoms with E-state index in [9.17, 15) is 0 Å². The van der Waals surface area contributed by atoms with Gasteiger partial charge in [0.15, 0.2) is 5.65 Å². The van der Waals surface area contributed by atoms with Crippen LogP contribution in [0.1, 0.15) is 44.3 Å². The Morgan fingerprint density at radius 3 is 2.69 bits per heavy atom. The molecule has 3 heterocycles. The summed E-state index contributed by atoms with van der Waals surface area (Å²) in [6.45, 7) is 6.91. The number of ether oxygens (including phenoxy) is 1. The number of aromatic nitrogens is 4. The summed E-state index contributed by atoms with van der Waals surface area (Å²) in [6, 6.07) is 0.459. The lowest BCUT2D eigenvalue weighted by atomic mass is 10.1. The first-order valence-corrected chi connectivity index (χ1v) is 9.86. The third-order valence-electron chi connectivity index (χ3n) is 5.88. The Morgan fingerprint density at radius 2 is 1.96 bits per heavy atom. The highest BCUT2D eigenvalue weighted by Gasteiger charge is 2.25. The molecule has 1 aliphatic carbocycles. The fraction of sp³-hybridized carbons (Fsp3) is 0.737. The molecule has 1 saturated heterocycles. The average molecular weight is 358 g/mol. The molecule has 1 atom stereocenters. The largest absolute Gasteiger partial charge is 0.379 e. The minimum Gasteiger partial charge on any atom is -0.379 e. The number of morpholine rings is 1. The molecular weight excluding hydrogens is 328 g/mol. The smallest absolute Gasteiger partial charge is 0.163 e. The van der Waals surface area contributed by atoms with Crippen LogP contribution in [0, 0.1) is 0 Å². The second-order valence-electron chi connectivity index (χ2n) is 7.77. The maximum absolute atomic E-state index is 5.49. The zero-order valence-corrected chi connectivity index (χ0v) is 16.2. The number of hydrogen-bond donors (Lipinski definition) is 0. The first kappa shape index (κ1) is 17.7. The highest BCUT2D eigenvalue weighted by Crippen LogP contribution is 2.34. The number of fused-ring (bicyclic) bond motifs is 1. The van der Waals surface area contributed by atoms with Crippen LogP contribution >= 0.6 is 0 Å². The van der Waals surface area contributed by atoms with Crippen LogP contribution in [-0.4, -0.2) is 70.6 Å². The summed E-state index contributed by atoms with van der Waals surface area (Å²) >= 11 is 0. The molecule has 2 aliphatic rings. The van der Waals surface area contributed by atoms with Crippen molar-refractivity contribution in [2.24, 2.45) is 7.05 Å². The Bertz CT molecular complexity index is 748. The third kappa shape index (κ3) is 3.42. The summed E-state index contributed by atoms with van der Waals surface area (Å²) in [6.07, 6.45) is 6.89. The van der Waals surface area contributed by atoms with Crippen molar-refractivity contribution in [2.75, 3.05) is 44.8 Å². The molecule has 2 fully saturated rings. The lowest BCUT2D eigenvalue weighted by Crippen LogP contribution is -2.47. The fourth-order valence-corrected chi connectivity index (χ4v) is 4.30. The first-order chi connectivity index (χ1) is 12.6. The molecule has 0 radical (unpaired) electrons. The Hall–Kier alpha value is -1.73.